The fourth-order valence-electron chi connectivity index (χ4n) is 4.62. The minimum absolute atomic E-state index is 0.230. The fraction of sp³-hybridized carbons (Fsp3) is 0.522. The van der Waals surface area contributed by atoms with E-state index in [-0.39, 0.29) is 6.61 Å². The number of aromatic amines is 2. The Kier molecular flexibility index (Phi) is 6.45. The van der Waals surface area contributed by atoms with Crippen LogP contribution < -0.4 is 25.3 Å². The highest BCUT2D eigenvalue weighted by molar-refractivity contribution is 5.82. The molecule has 3 aromatic rings. The van der Waals surface area contributed by atoms with Crippen LogP contribution in [0.3, 0.4) is 0 Å². The average Bonchev–Trinajstić information content (AvgIpc) is 3.34. The second-order valence-electron chi connectivity index (χ2n) is 8.73. The van der Waals surface area contributed by atoms with Gasteiger partial charge in [-0.2, -0.15) is 4.98 Å². The van der Waals surface area contributed by atoms with Crippen molar-refractivity contribution in [3.05, 3.63) is 24.5 Å². The summed E-state index contributed by atoms with van der Waals surface area (Å²) in [6, 6.07) is 6.42. The molecule has 2 aliphatic rings. The van der Waals surface area contributed by atoms with E-state index in [0.29, 0.717) is 17.9 Å². The van der Waals surface area contributed by atoms with Crippen LogP contribution in [0.15, 0.2) is 24.5 Å². The monoisotopic (exact) mass is 454 g/mol. The number of fused-ring (bicyclic) bond motifs is 1. The molecule has 0 aliphatic carbocycles. The Morgan fingerprint density at radius 3 is 2.97 bits per heavy atom. The predicted molar refractivity (Wildman–Crippen MR) is 126 cm³/mol. The van der Waals surface area contributed by atoms with Crippen molar-refractivity contribution < 1.29 is 19.6 Å². The number of hydrogen-bond acceptors (Lipinski definition) is 8. The summed E-state index contributed by atoms with van der Waals surface area (Å²) in [5.41, 5.74) is 3.45. The molecule has 2 saturated heterocycles. The van der Waals surface area contributed by atoms with E-state index in [9.17, 15) is 5.11 Å². The quantitative estimate of drug-likeness (QED) is 0.429. The number of ether oxygens (including phenoxy) is 2. The minimum Gasteiger partial charge on any atom is -0.494 e. The van der Waals surface area contributed by atoms with E-state index in [4.69, 9.17) is 14.5 Å². The first-order valence-electron chi connectivity index (χ1n) is 11.7. The summed E-state index contributed by atoms with van der Waals surface area (Å²) in [5, 5.41) is 16.4. The molecule has 2 fully saturated rings. The fourth-order valence-corrected chi connectivity index (χ4v) is 4.62. The molecule has 5 rings (SSSR count). The summed E-state index contributed by atoms with van der Waals surface area (Å²) in [5.74, 6) is 2.29. The van der Waals surface area contributed by atoms with E-state index in [1.165, 1.54) is 0 Å². The molecule has 1 atom stereocenters. The van der Waals surface area contributed by atoms with Crippen molar-refractivity contribution >= 4 is 34.3 Å². The average molecular weight is 455 g/mol. The maximum absolute atomic E-state index is 9.56. The highest BCUT2D eigenvalue weighted by atomic mass is 16.5. The molecule has 176 valence electrons. The van der Waals surface area contributed by atoms with Gasteiger partial charge < -0.3 is 30.1 Å². The highest BCUT2D eigenvalue weighted by Crippen LogP contribution is 2.33. The maximum atomic E-state index is 9.56. The number of nitrogens with one attached hydrogen (secondary N) is 4. The van der Waals surface area contributed by atoms with Crippen molar-refractivity contribution in [1.29, 1.82) is 0 Å². The number of piperidine rings is 1. The third-order valence-electron chi connectivity index (χ3n) is 6.47. The van der Waals surface area contributed by atoms with Crippen molar-refractivity contribution in [3.8, 4) is 5.75 Å². The van der Waals surface area contributed by atoms with Gasteiger partial charge in [0.15, 0.2) is 12.1 Å². The van der Waals surface area contributed by atoms with Crippen LogP contribution in [-0.2, 0) is 4.74 Å². The van der Waals surface area contributed by atoms with E-state index in [1.54, 1.807) is 13.4 Å². The number of anilines is 4. The first-order valence-corrected chi connectivity index (χ1v) is 11.7. The smallest absolute Gasteiger partial charge is 0.307 e. The number of benzene rings is 1. The van der Waals surface area contributed by atoms with Crippen LogP contribution in [0, 0.1) is 5.92 Å². The van der Waals surface area contributed by atoms with E-state index >= 15 is 0 Å². The zero-order valence-corrected chi connectivity index (χ0v) is 18.9. The lowest BCUT2D eigenvalue weighted by Gasteiger charge is -2.34. The van der Waals surface area contributed by atoms with Crippen molar-refractivity contribution in [2.24, 2.45) is 5.92 Å². The van der Waals surface area contributed by atoms with Gasteiger partial charge in [0.1, 0.15) is 5.75 Å². The molecule has 1 aromatic carbocycles. The van der Waals surface area contributed by atoms with Gasteiger partial charge in [0.25, 0.3) is 0 Å². The zero-order valence-electron chi connectivity index (χ0n) is 18.9. The Balaban J connectivity index is 1.38. The topological polar surface area (TPSA) is 122 Å². The molecule has 0 radical (unpaired) electrons. The molecule has 2 aromatic heterocycles. The second-order valence-corrected chi connectivity index (χ2v) is 8.73. The van der Waals surface area contributed by atoms with Gasteiger partial charge in [-0.1, -0.05) is 4.98 Å². The van der Waals surface area contributed by atoms with Gasteiger partial charge in [0.2, 0.25) is 5.52 Å². The largest absolute Gasteiger partial charge is 0.494 e. The first kappa shape index (κ1) is 21.7. The Hall–Kier alpha value is -3.11. The molecule has 10 heteroatoms. The van der Waals surface area contributed by atoms with Crippen molar-refractivity contribution in [3.63, 3.8) is 0 Å². The predicted octanol–water partition coefficient (Wildman–Crippen LogP) is 2.32. The van der Waals surface area contributed by atoms with Gasteiger partial charge in [-0.3, -0.25) is 4.98 Å². The van der Waals surface area contributed by atoms with Crippen molar-refractivity contribution in [2.75, 3.05) is 55.6 Å². The zero-order chi connectivity index (χ0) is 22.6. The van der Waals surface area contributed by atoms with Gasteiger partial charge >= 0.3 is 11.6 Å². The molecule has 0 spiro atoms. The molecule has 4 heterocycles. The summed E-state index contributed by atoms with van der Waals surface area (Å²) < 4.78 is 11.2. The third kappa shape index (κ3) is 4.81. The van der Waals surface area contributed by atoms with E-state index in [1.807, 2.05) is 12.1 Å². The highest BCUT2D eigenvalue weighted by Gasteiger charge is 2.23. The van der Waals surface area contributed by atoms with Crippen LogP contribution in [0.1, 0.15) is 25.7 Å². The number of aliphatic hydroxyl groups is 1. The number of rotatable bonds is 7. The third-order valence-corrected chi connectivity index (χ3v) is 6.47. The Morgan fingerprint density at radius 2 is 2.15 bits per heavy atom. The Morgan fingerprint density at radius 1 is 1.27 bits per heavy atom. The lowest BCUT2D eigenvalue weighted by atomic mass is 9.98. The number of hydrogen-bond donors (Lipinski definition) is 4. The molecule has 1 unspecified atom stereocenters. The molecule has 10 nitrogen and oxygen atoms in total. The molecular formula is C23H32N7O3+. The number of imidazole rings is 1. The molecule has 33 heavy (non-hydrogen) atoms. The molecule has 0 amide bonds. The van der Waals surface area contributed by atoms with Crippen LogP contribution in [0.2, 0.25) is 0 Å². The van der Waals surface area contributed by atoms with Gasteiger partial charge in [0, 0.05) is 50.7 Å². The number of H-pyrrole nitrogens is 2. The summed E-state index contributed by atoms with van der Waals surface area (Å²) in [6.45, 7) is 3.59. The molecule has 2 aliphatic heterocycles. The van der Waals surface area contributed by atoms with Gasteiger partial charge in [-0.25, -0.2) is 4.98 Å². The summed E-state index contributed by atoms with van der Waals surface area (Å²) in [6.07, 6.45) is 5.80. The van der Waals surface area contributed by atoms with Gasteiger partial charge in [-0.15, -0.1) is 0 Å². The summed E-state index contributed by atoms with van der Waals surface area (Å²) in [4.78, 5) is 18.0. The number of aliphatic hydroxyl groups excluding tert-OH is 1. The Labute approximate surface area is 192 Å². The van der Waals surface area contributed by atoms with E-state index < -0.39 is 0 Å². The van der Waals surface area contributed by atoms with Crippen LogP contribution >= 0.6 is 0 Å². The van der Waals surface area contributed by atoms with Crippen LogP contribution in [0.5, 0.6) is 5.75 Å². The van der Waals surface area contributed by atoms with Crippen molar-refractivity contribution in [1.82, 2.24) is 15.0 Å². The lowest BCUT2D eigenvalue weighted by Crippen LogP contribution is -2.36. The Bertz CT molecular complexity index is 1080. The normalized spacial score (nSPS) is 19.6. The summed E-state index contributed by atoms with van der Waals surface area (Å²) in [7, 11) is 1.67. The van der Waals surface area contributed by atoms with Crippen molar-refractivity contribution in [2.45, 2.75) is 31.7 Å². The SMILES string of the molecule is COc1cc(N2CCCC(CO)C2)ccc1Nc1nc(NC2CCOCC2)c2[nH]c[nH+]c2n1. The van der Waals surface area contributed by atoms with Gasteiger partial charge in [-0.05, 0) is 43.7 Å². The molecule has 5 N–H and O–H groups in total. The standard InChI is InChI=1S/C23H31N7O3/c1-32-19-11-17(30-8-2-3-15(12-30)13-31)4-5-18(19)27-23-28-21-20(24-14-25-21)22(29-23)26-16-6-9-33-10-7-16/h4-5,11,14-16,31H,2-3,6-10,12-13H2,1H3,(H3,24,25,26,27,28,29)/p+1. The molecule has 0 saturated carbocycles. The van der Waals surface area contributed by atoms with Crippen LogP contribution in [-0.4, -0.2) is 66.1 Å². The maximum Gasteiger partial charge on any atom is 0.307 e. The number of methoxy groups -OCH3 is 1. The number of nitrogens with zero attached hydrogens (tertiary/aromatic N) is 3. The van der Waals surface area contributed by atoms with Crippen LogP contribution in [0.4, 0.5) is 23.1 Å². The van der Waals surface area contributed by atoms with Crippen LogP contribution in [0.25, 0.3) is 11.2 Å². The number of aromatic nitrogens is 4. The van der Waals surface area contributed by atoms with E-state index in [0.717, 1.165) is 86.1 Å². The minimum atomic E-state index is 0.230. The van der Waals surface area contributed by atoms with Gasteiger partial charge in [0.05, 0.1) is 12.8 Å². The second kappa shape index (κ2) is 9.80. The van der Waals surface area contributed by atoms with E-state index in [2.05, 4.69) is 36.6 Å². The molecular weight excluding hydrogens is 422 g/mol. The summed E-state index contributed by atoms with van der Waals surface area (Å²) >= 11 is 0. The molecule has 0 bridgehead atoms. The first-order chi connectivity index (χ1) is 16.2. The lowest BCUT2D eigenvalue weighted by molar-refractivity contribution is -0.347.